The third kappa shape index (κ3) is 9.66. The average Bonchev–Trinajstić information content (AvgIpc) is 2.81. The van der Waals surface area contributed by atoms with E-state index in [0.29, 0.717) is 50.8 Å². The fourth-order valence-electron chi connectivity index (χ4n) is 3.04. The SMILES string of the molecule is NCCCOc1c(Br)cc(CCNC(=O)/C(Cc2cc(Br)c(OCCCN)c(Br)c2)=N/O)cc1Br. The highest BCUT2D eigenvalue weighted by Crippen LogP contribution is 2.36. The maximum Gasteiger partial charge on any atom is 0.269 e. The monoisotopic (exact) mass is 740 g/mol. The molecule has 6 N–H and O–H groups in total. The van der Waals surface area contributed by atoms with Crippen molar-refractivity contribution in [3.05, 3.63) is 53.3 Å². The van der Waals surface area contributed by atoms with E-state index in [0.717, 1.165) is 41.9 Å². The molecule has 0 unspecified atom stereocenters. The molecule has 0 bridgehead atoms. The van der Waals surface area contributed by atoms with Gasteiger partial charge in [0.05, 0.1) is 31.1 Å². The van der Waals surface area contributed by atoms with Crippen molar-refractivity contribution in [2.45, 2.75) is 25.7 Å². The van der Waals surface area contributed by atoms with Crippen LogP contribution in [0, 0.1) is 0 Å². The second-order valence-corrected chi connectivity index (χ2v) is 10.9. The quantitative estimate of drug-likeness (QED) is 0.0941. The Morgan fingerprint density at radius 3 is 1.74 bits per heavy atom. The zero-order valence-electron chi connectivity index (χ0n) is 19.0. The number of carbonyl (C=O) groups excluding carboxylic acids is 1. The number of nitrogens with one attached hydrogen (secondary N) is 1. The predicted molar refractivity (Wildman–Crippen MR) is 152 cm³/mol. The van der Waals surface area contributed by atoms with Crippen molar-refractivity contribution in [3.63, 3.8) is 0 Å². The Morgan fingerprint density at radius 2 is 1.31 bits per heavy atom. The van der Waals surface area contributed by atoms with Gasteiger partial charge in [0.25, 0.3) is 5.91 Å². The van der Waals surface area contributed by atoms with Gasteiger partial charge in [0.2, 0.25) is 0 Å². The van der Waals surface area contributed by atoms with Crippen molar-refractivity contribution >= 4 is 75.3 Å². The van der Waals surface area contributed by atoms with Crippen LogP contribution in [0.25, 0.3) is 0 Å². The van der Waals surface area contributed by atoms with Gasteiger partial charge in [-0.1, -0.05) is 5.16 Å². The standard InChI is InChI=1S/C23H28Br4N4O4/c24-16-9-14(10-17(25)21(16)34-7-1-4-28)3-6-30-23(32)20(31-33)13-15-11-18(26)22(19(27)12-15)35-8-2-5-29/h9-12,33H,1-8,13,28-29H2,(H,30,32)/b31-20+. The van der Waals surface area contributed by atoms with Crippen molar-refractivity contribution in [3.8, 4) is 11.5 Å². The number of ether oxygens (including phenoxy) is 2. The van der Waals surface area contributed by atoms with Crippen LogP contribution in [0.15, 0.2) is 47.3 Å². The van der Waals surface area contributed by atoms with Gasteiger partial charge in [-0.3, -0.25) is 4.79 Å². The maximum absolute atomic E-state index is 12.6. The summed E-state index contributed by atoms with van der Waals surface area (Å²) in [5, 5.41) is 15.5. The van der Waals surface area contributed by atoms with E-state index in [9.17, 15) is 10.0 Å². The highest BCUT2D eigenvalue weighted by atomic mass is 79.9. The summed E-state index contributed by atoms with van der Waals surface area (Å²) in [6, 6.07) is 7.55. The van der Waals surface area contributed by atoms with E-state index in [4.69, 9.17) is 20.9 Å². The highest BCUT2D eigenvalue weighted by Gasteiger charge is 2.16. The largest absolute Gasteiger partial charge is 0.491 e. The Labute approximate surface area is 238 Å². The topological polar surface area (TPSA) is 132 Å². The molecule has 2 aromatic carbocycles. The van der Waals surface area contributed by atoms with Gasteiger partial charge in [-0.15, -0.1) is 0 Å². The lowest BCUT2D eigenvalue weighted by Crippen LogP contribution is -2.33. The Balaban J connectivity index is 1.94. The minimum atomic E-state index is -0.442. The molecular weight excluding hydrogens is 716 g/mol. The molecule has 2 aromatic rings. The molecule has 0 aliphatic heterocycles. The summed E-state index contributed by atoms with van der Waals surface area (Å²) in [5.41, 5.74) is 12.8. The van der Waals surface area contributed by atoms with Crippen LogP contribution in [-0.2, 0) is 17.6 Å². The molecule has 35 heavy (non-hydrogen) atoms. The number of hydrogen-bond donors (Lipinski definition) is 4. The lowest BCUT2D eigenvalue weighted by atomic mass is 10.1. The molecule has 0 aliphatic rings. The highest BCUT2D eigenvalue weighted by molar-refractivity contribution is 9.11. The number of halogens is 4. The summed E-state index contributed by atoms with van der Waals surface area (Å²) in [5.74, 6) is 0.930. The molecule has 1 amide bonds. The molecule has 192 valence electrons. The molecule has 0 atom stereocenters. The zero-order chi connectivity index (χ0) is 25.8. The number of nitrogens with zero attached hydrogens (tertiary/aromatic N) is 1. The molecule has 0 aromatic heterocycles. The van der Waals surface area contributed by atoms with E-state index in [-0.39, 0.29) is 12.1 Å². The molecule has 0 fully saturated rings. The number of carbonyl (C=O) groups is 1. The first kappa shape index (κ1) is 30.0. The Hall–Kier alpha value is -1.18. The van der Waals surface area contributed by atoms with E-state index in [1.807, 2.05) is 24.3 Å². The van der Waals surface area contributed by atoms with Gasteiger partial charge in [0.15, 0.2) is 0 Å². The number of nitrogens with two attached hydrogens (primary N) is 2. The Bertz CT molecular complexity index is 991. The van der Waals surface area contributed by atoms with Gasteiger partial charge in [0.1, 0.15) is 17.2 Å². The summed E-state index contributed by atoms with van der Waals surface area (Å²) >= 11 is 14.0. The smallest absolute Gasteiger partial charge is 0.269 e. The van der Waals surface area contributed by atoms with Crippen molar-refractivity contribution < 1.29 is 19.5 Å². The minimum absolute atomic E-state index is 0.00612. The summed E-state index contributed by atoms with van der Waals surface area (Å²) in [4.78, 5) is 12.6. The molecule has 0 radical (unpaired) electrons. The van der Waals surface area contributed by atoms with Gasteiger partial charge in [0, 0.05) is 13.0 Å². The summed E-state index contributed by atoms with van der Waals surface area (Å²) in [6.45, 7) is 2.50. The summed E-state index contributed by atoms with van der Waals surface area (Å²) < 4.78 is 14.6. The fraction of sp³-hybridized carbons (Fsp3) is 0.391. The predicted octanol–water partition coefficient (Wildman–Crippen LogP) is 4.92. The summed E-state index contributed by atoms with van der Waals surface area (Å²) in [7, 11) is 0. The van der Waals surface area contributed by atoms with E-state index < -0.39 is 5.91 Å². The lowest BCUT2D eigenvalue weighted by molar-refractivity contribution is -0.115. The average molecular weight is 744 g/mol. The normalized spacial score (nSPS) is 11.4. The maximum atomic E-state index is 12.6. The first-order chi connectivity index (χ1) is 16.8. The van der Waals surface area contributed by atoms with Crippen molar-refractivity contribution in [2.24, 2.45) is 16.6 Å². The number of benzene rings is 2. The van der Waals surface area contributed by atoms with E-state index in [1.54, 1.807) is 0 Å². The first-order valence-electron chi connectivity index (χ1n) is 10.9. The van der Waals surface area contributed by atoms with Crippen molar-refractivity contribution in [2.75, 3.05) is 32.8 Å². The minimum Gasteiger partial charge on any atom is -0.491 e. The second kappa shape index (κ2) is 15.8. The molecule has 12 heteroatoms. The molecule has 2 rings (SSSR count). The van der Waals surface area contributed by atoms with Crippen LogP contribution in [0.5, 0.6) is 11.5 Å². The number of oxime groups is 1. The number of rotatable bonds is 14. The molecule has 0 aliphatic carbocycles. The van der Waals surface area contributed by atoms with Crippen LogP contribution in [0.4, 0.5) is 0 Å². The van der Waals surface area contributed by atoms with Crippen LogP contribution in [-0.4, -0.2) is 49.7 Å². The molecular formula is C23H28Br4N4O4. The second-order valence-electron chi connectivity index (χ2n) is 7.49. The van der Waals surface area contributed by atoms with Gasteiger partial charge < -0.3 is 31.5 Å². The van der Waals surface area contributed by atoms with E-state index >= 15 is 0 Å². The van der Waals surface area contributed by atoms with E-state index in [1.165, 1.54) is 0 Å². The van der Waals surface area contributed by atoms with Crippen molar-refractivity contribution in [1.29, 1.82) is 0 Å². The van der Waals surface area contributed by atoms with Crippen LogP contribution < -0.4 is 26.3 Å². The third-order valence-electron chi connectivity index (χ3n) is 4.76. The Kier molecular flexibility index (Phi) is 13.6. The number of hydrogen-bond acceptors (Lipinski definition) is 7. The zero-order valence-corrected chi connectivity index (χ0v) is 25.3. The molecule has 0 heterocycles. The third-order valence-corrected chi connectivity index (χ3v) is 7.12. The fourth-order valence-corrected chi connectivity index (χ4v) is 6.06. The number of amides is 1. The molecule has 0 spiro atoms. The first-order valence-corrected chi connectivity index (χ1v) is 14.1. The van der Waals surface area contributed by atoms with Crippen LogP contribution >= 0.6 is 63.7 Å². The lowest BCUT2D eigenvalue weighted by Gasteiger charge is -2.13. The van der Waals surface area contributed by atoms with Crippen LogP contribution in [0.2, 0.25) is 0 Å². The van der Waals surface area contributed by atoms with Crippen LogP contribution in [0.3, 0.4) is 0 Å². The van der Waals surface area contributed by atoms with Gasteiger partial charge >= 0.3 is 0 Å². The molecule has 8 nitrogen and oxygen atoms in total. The van der Waals surface area contributed by atoms with Gasteiger partial charge in [-0.05, 0) is 131 Å². The van der Waals surface area contributed by atoms with Gasteiger partial charge in [-0.2, -0.15) is 0 Å². The van der Waals surface area contributed by atoms with Crippen LogP contribution in [0.1, 0.15) is 24.0 Å². The van der Waals surface area contributed by atoms with Gasteiger partial charge in [-0.25, -0.2) is 0 Å². The molecule has 0 saturated carbocycles. The summed E-state index contributed by atoms with van der Waals surface area (Å²) in [6.07, 6.45) is 2.23. The van der Waals surface area contributed by atoms with Crippen molar-refractivity contribution in [1.82, 2.24) is 5.32 Å². The Morgan fingerprint density at radius 1 is 0.857 bits per heavy atom. The molecule has 0 saturated heterocycles. The van der Waals surface area contributed by atoms with E-state index in [2.05, 4.69) is 74.2 Å².